The predicted octanol–water partition coefficient (Wildman–Crippen LogP) is 4.04. The molecule has 0 saturated heterocycles. The van der Waals surface area contributed by atoms with Crippen molar-refractivity contribution in [3.05, 3.63) is 46.8 Å². The first-order valence-corrected chi connectivity index (χ1v) is 13.4. The number of primary amides is 1. The maximum atomic E-state index is 13.4. The third-order valence-corrected chi connectivity index (χ3v) is 7.36. The van der Waals surface area contributed by atoms with E-state index in [-0.39, 0.29) is 52.9 Å². The molecule has 10 heteroatoms. The molecule has 1 aliphatic heterocycles. The van der Waals surface area contributed by atoms with Crippen LogP contribution in [-0.2, 0) is 33.3 Å². The summed E-state index contributed by atoms with van der Waals surface area (Å²) < 4.78 is 22.8. The van der Waals surface area contributed by atoms with Crippen molar-refractivity contribution >= 4 is 29.3 Å². The van der Waals surface area contributed by atoms with Gasteiger partial charge in [-0.05, 0) is 50.2 Å². The maximum Gasteiger partial charge on any atom is 0.409 e. The first kappa shape index (κ1) is 33.0. The van der Waals surface area contributed by atoms with Crippen molar-refractivity contribution in [1.82, 2.24) is 0 Å². The standard InChI is InChI=1S/C30H42N2O8/c1-16-10-9-11-17(2)29(35)32-23-15-21(33)14-22(25(23)34)27(38-7)20(5)13-24(37-6)28(39-8)19(4)12-18(3)26(16)40-30(31)36/h9-11,14,16,19-20,24,27-28H,12-13,15H2,1-8H3,(H2,31,36)/b10-9-,17-11+,26-18+,32-23?/t16-,19-,20-,24-,27+,28+/m0/s1. The Kier molecular flexibility index (Phi) is 12.4. The van der Waals surface area contributed by atoms with E-state index in [1.54, 1.807) is 39.4 Å². The van der Waals surface area contributed by atoms with Gasteiger partial charge in [-0.25, -0.2) is 9.79 Å². The highest BCUT2D eigenvalue weighted by molar-refractivity contribution is 6.52. The highest BCUT2D eigenvalue weighted by Crippen LogP contribution is 2.31. The van der Waals surface area contributed by atoms with E-state index in [1.165, 1.54) is 13.2 Å². The summed E-state index contributed by atoms with van der Waals surface area (Å²) in [5, 5.41) is 0. The molecule has 0 spiro atoms. The third-order valence-electron chi connectivity index (χ3n) is 7.36. The van der Waals surface area contributed by atoms with Gasteiger partial charge in [-0.15, -0.1) is 0 Å². The Hall–Kier alpha value is -3.21. The van der Waals surface area contributed by atoms with E-state index in [4.69, 9.17) is 24.7 Å². The zero-order valence-electron chi connectivity index (χ0n) is 24.7. The van der Waals surface area contributed by atoms with Crippen molar-refractivity contribution < 1.29 is 38.1 Å². The van der Waals surface area contributed by atoms with Gasteiger partial charge in [-0.2, -0.15) is 0 Å². The van der Waals surface area contributed by atoms with Crippen LogP contribution in [0.5, 0.6) is 0 Å². The summed E-state index contributed by atoms with van der Waals surface area (Å²) in [5.74, 6) is -1.72. The Morgan fingerprint density at radius 1 is 1.00 bits per heavy atom. The molecule has 40 heavy (non-hydrogen) atoms. The number of methoxy groups -OCH3 is 3. The lowest BCUT2D eigenvalue weighted by Gasteiger charge is -2.34. The molecule has 2 bridgehead atoms. The van der Waals surface area contributed by atoms with Crippen LogP contribution in [0.2, 0.25) is 0 Å². The zero-order valence-corrected chi connectivity index (χ0v) is 24.7. The number of Topliss-reactive ketones (excluding diaryl/α,β-unsaturated/α-hetero) is 1. The number of ketones is 2. The molecule has 0 aromatic rings. The SMILES string of the molecule is CO[C@H]1[C@@H](OC)C[C@H](C)[C@@H](OC)C2=CC(=O)CC(=NC(=O)/C(C)=C/C=C\[C@H](C)/C(OC(N)=O)=C(/C)C[C@@H]1C)C2=O. The van der Waals surface area contributed by atoms with E-state index in [9.17, 15) is 19.2 Å². The summed E-state index contributed by atoms with van der Waals surface area (Å²) >= 11 is 0. The lowest BCUT2D eigenvalue weighted by atomic mass is 9.82. The van der Waals surface area contributed by atoms with E-state index in [2.05, 4.69) is 4.99 Å². The fraction of sp³-hybridized carbons (Fsp3) is 0.567. The van der Waals surface area contributed by atoms with Crippen LogP contribution in [0.3, 0.4) is 0 Å². The number of allylic oxidation sites excluding steroid dienone is 5. The Morgan fingerprint density at radius 2 is 1.68 bits per heavy atom. The maximum absolute atomic E-state index is 13.4. The summed E-state index contributed by atoms with van der Waals surface area (Å²) in [4.78, 5) is 54.5. The minimum Gasteiger partial charge on any atom is -0.414 e. The van der Waals surface area contributed by atoms with Crippen LogP contribution >= 0.6 is 0 Å². The number of hydrogen-bond acceptors (Lipinski definition) is 8. The molecule has 0 radical (unpaired) electrons. The van der Waals surface area contributed by atoms with Crippen LogP contribution in [0.25, 0.3) is 0 Å². The Balaban J connectivity index is 2.66. The van der Waals surface area contributed by atoms with Gasteiger partial charge in [-0.3, -0.25) is 14.4 Å². The number of nitrogens with zero attached hydrogens (tertiary/aromatic N) is 1. The molecule has 1 aliphatic carbocycles. The van der Waals surface area contributed by atoms with Gasteiger partial charge in [0.05, 0.1) is 30.4 Å². The number of aliphatic imine (C=N–C) groups is 1. The summed E-state index contributed by atoms with van der Waals surface area (Å²) in [7, 11) is 4.66. The molecule has 0 fully saturated rings. The molecule has 0 saturated carbocycles. The fourth-order valence-electron chi connectivity index (χ4n) is 5.39. The highest BCUT2D eigenvalue weighted by Gasteiger charge is 2.37. The van der Waals surface area contributed by atoms with E-state index in [1.807, 2.05) is 27.7 Å². The fourth-order valence-corrected chi connectivity index (χ4v) is 5.39. The normalized spacial score (nSPS) is 33.5. The molecule has 2 amide bonds. The lowest BCUT2D eigenvalue weighted by Crippen LogP contribution is -2.41. The first-order valence-electron chi connectivity index (χ1n) is 13.4. The molecule has 1 heterocycles. The number of ether oxygens (including phenoxy) is 4. The second-order valence-electron chi connectivity index (χ2n) is 10.5. The highest BCUT2D eigenvalue weighted by atomic mass is 16.6. The van der Waals surface area contributed by atoms with Crippen LogP contribution in [-0.4, -0.2) is 68.9 Å². The van der Waals surface area contributed by atoms with Gasteiger partial charge in [0.1, 0.15) is 5.76 Å². The monoisotopic (exact) mass is 558 g/mol. The average molecular weight is 559 g/mol. The Morgan fingerprint density at radius 3 is 2.25 bits per heavy atom. The van der Waals surface area contributed by atoms with Crippen molar-refractivity contribution in [2.75, 3.05) is 21.3 Å². The zero-order chi connectivity index (χ0) is 30.1. The molecule has 2 aliphatic rings. The molecule has 10 nitrogen and oxygen atoms in total. The quantitative estimate of drug-likeness (QED) is 0.544. The number of rotatable bonds is 4. The van der Waals surface area contributed by atoms with Crippen LogP contribution in [0.4, 0.5) is 4.79 Å². The average Bonchev–Trinajstić information content (AvgIpc) is 2.88. The van der Waals surface area contributed by atoms with Crippen LogP contribution in [0, 0.1) is 17.8 Å². The van der Waals surface area contributed by atoms with Crippen molar-refractivity contribution in [3.8, 4) is 0 Å². The molecule has 0 unspecified atom stereocenters. The third kappa shape index (κ3) is 8.39. The Labute approximate surface area is 236 Å². The van der Waals surface area contributed by atoms with E-state index < -0.39 is 30.0 Å². The summed E-state index contributed by atoms with van der Waals surface area (Å²) in [5.41, 5.74) is 6.49. The van der Waals surface area contributed by atoms with Crippen LogP contribution in [0.15, 0.2) is 51.8 Å². The molecule has 2 rings (SSSR count). The minimum absolute atomic E-state index is 0.0662. The van der Waals surface area contributed by atoms with Gasteiger partial charge in [0.2, 0.25) is 5.78 Å². The molecule has 220 valence electrons. The number of fused-ring (bicyclic) bond motifs is 2. The van der Waals surface area contributed by atoms with Gasteiger partial charge in [0, 0.05) is 38.4 Å². The van der Waals surface area contributed by atoms with E-state index in [0.29, 0.717) is 18.6 Å². The van der Waals surface area contributed by atoms with E-state index >= 15 is 0 Å². The number of amides is 2. The second kappa shape index (κ2) is 15.0. The van der Waals surface area contributed by atoms with Gasteiger partial charge >= 0.3 is 6.09 Å². The molecule has 0 aromatic carbocycles. The lowest BCUT2D eigenvalue weighted by molar-refractivity contribution is -0.118. The second-order valence-corrected chi connectivity index (χ2v) is 10.5. The number of hydrogen-bond donors (Lipinski definition) is 1. The number of carbonyl (C=O) groups is 4. The van der Waals surface area contributed by atoms with Crippen molar-refractivity contribution in [3.63, 3.8) is 0 Å². The van der Waals surface area contributed by atoms with Gasteiger partial charge in [0.15, 0.2) is 5.78 Å². The van der Waals surface area contributed by atoms with Crippen molar-refractivity contribution in [2.45, 2.75) is 72.2 Å². The first-order chi connectivity index (χ1) is 18.8. The Bertz CT molecular complexity index is 1150. The minimum atomic E-state index is -0.921. The smallest absolute Gasteiger partial charge is 0.409 e. The van der Waals surface area contributed by atoms with Gasteiger partial charge in [-0.1, -0.05) is 39.0 Å². The summed E-state index contributed by atoms with van der Waals surface area (Å²) in [6.07, 6.45) is 4.54. The van der Waals surface area contributed by atoms with Gasteiger partial charge < -0.3 is 24.7 Å². The predicted molar refractivity (Wildman–Crippen MR) is 151 cm³/mol. The van der Waals surface area contributed by atoms with Gasteiger partial charge in [0.25, 0.3) is 5.91 Å². The molecule has 0 aromatic heterocycles. The largest absolute Gasteiger partial charge is 0.414 e. The number of nitrogens with two attached hydrogens (primary N) is 1. The molecule has 6 atom stereocenters. The summed E-state index contributed by atoms with van der Waals surface area (Å²) in [6, 6.07) is 0. The molecular weight excluding hydrogens is 516 g/mol. The van der Waals surface area contributed by atoms with E-state index in [0.717, 1.165) is 5.57 Å². The molecule has 2 N–H and O–H groups in total. The van der Waals surface area contributed by atoms with Crippen LogP contribution in [0.1, 0.15) is 53.9 Å². The van der Waals surface area contributed by atoms with Crippen molar-refractivity contribution in [1.29, 1.82) is 0 Å². The topological polar surface area (TPSA) is 144 Å². The number of carbonyl (C=O) groups excluding carboxylic acids is 4. The van der Waals surface area contributed by atoms with Crippen LogP contribution < -0.4 is 5.73 Å². The summed E-state index contributed by atoms with van der Waals surface area (Å²) in [6.45, 7) is 9.19. The van der Waals surface area contributed by atoms with Crippen molar-refractivity contribution in [2.24, 2.45) is 28.5 Å². The molecular formula is C30H42N2O8.